The van der Waals surface area contributed by atoms with Crippen LogP contribution in [0.3, 0.4) is 0 Å². The van der Waals surface area contributed by atoms with E-state index < -0.39 is 0 Å². The van der Waals surface area contributed by atoms with Gasteiger partial charge in [-0.1, -0.05) is 23.2 Å². The van der Waals surface area contributed by atoms with Crippen molar-refractivity contribution >= 4 is 40.1 Å². The van der Waals surface area contributed by atoms with Gasteiger partial charge in [0, 0.05) is 29.3 Å². The summed E-state index contributed by atoms with van der Waals surface area (Å²) < 4.78 is 0. The number of benzene rings is 1. The second-order valence-corrected chi connectivity index (χ2v) is 7.15. The second-order valence-electron chi connectivity index (χ2n) is 6.31. The highest BCUT2D eigenvalue weighted by Crippen LogP contribution is 2.30. The molecule has 1 aliphatic rings. The van der Waals surface area contributed by atoms with Crippen molar-refractivity contribution in [1.29, 1.82) is 0 Å². The highest BCUT2D eigenvalue weighted by Gasteiger charge is 2.22. The van der Waals surface area contributed by atoms with Crippen molar-refractivity contribution in [3.05, 3.63) is 52.4 Å². The summed E-state index contributed by atoms with van der Waals surface area (Å²) in [5, 5.41) is 2.66. The molecule has 124 valence electrons. The van der Waals surface area contributed by atoms with Gasteiger partial charge >= 0.3 is 0 Å². The number of nitrogens with one attached hydrogen (secondary N) is 1. The van der Waals surface area contributed by atoms with Crippen LogP contribution in [0.25, 0.3) is 11.0 Å². The first-order chi connectivity index (χ1) is 11.7. The van der Waals surface area contributed by atoms with E-state index in [-0.39, 0.29) is 0 Å². The molecule has 1 saturated heterocycles. The van der Waals surface area contributed by atoms with E-state index in [1.807, 2.05) is 30.5 Å². The van der Waals surface area contributed by atoms with Gasteiger partial charge in [-0.25, -0.2) is 9.97 Å². The predicted octanol–water partition coefficient (Wildman–Crippen LogP) is 4.72. The normalized spacial score (nSPS) is 16.0. The number of rotatable bonds is 3. The standard InChI is InChI=1S/C18H18Cl2N4/c19-14-1-2-16(20)13(10-14)9-12-4-7-24(8-5-12)18-15-3-6-21-17(15)22-11-23-18/h1-3,6,10-12H,4-5,7-9H2,(H,21,22,23). The van der Waals surface area contributed by atoms with Crippen LogP contribution in [0.15, 0.2) is 36.8 Å². The van der Waals surface area contributed by atoms with Crippen LogP contribution in [-0.2, 0) is 6.42 Å². The van der Waals surface area contributed by atoms with Crippen molar-refractivity contribution in [3.8, 4) is 0 Å². The Morgan fingerprint density at radius 2 is 1.96 bits per heavy atom. The molecule has 24 heavy (non-hydrogen) atoms. The van der Waals surface area contributed by atoms with Crippen molar-refractivity contribution in [2.75, 3.05) is 18.0 Å². The van der Waals surface area contributed by atoms with E-state index in [2.05, 4.69) is 19.9 Å². The van der Waals surface area contributed by atoms with Gasteiger partial charge in [-0.2, -0.15) is 0 Å². The summed E-state index contributed by atoms with van der Waals surface area (Å²) in [4.78, 5) is 14.3. The van der Waals surface area contributed by atoms with Gasteiger partial charge < -0.3 is 9.88 Å². The molecule has 4 nitrogen and oxygen atoms in total. The van der Waals surface area contributed by atoms with Gasteiger partial charge in [0.25, 0.3) is 0 Å². The molecule has 0 radical (unpaired) electrons. The van der Waals surface area contributed by atoms with E-state index in [9.17, 15) is 0 Å². The van der Waals surface area contributed by atoms with Crippen LogP contribution in [0.2, 0.25) is 10.0 Å². The number of nitrogens with zero attached hydrogens (tertiary/aromatic N) is 3. The van der Waals surface area contributed by atoms with Gasteiger partial charge in [-0.15, -0.1) is 0 Å². The Balaban J connectivity index is 1.45. The average molecular weight is 361 g/mol. The first-order valence-corrected chi connectivity index (χ1v) is 8.93. The number of fused-ring (bicyclic) bond motifs is 1. The minimum Gasteiger partial charge on any atom is -0.356 e. The zero-order chi connectivity index (χ0) is 16.5. The number of hydrogen-bond acceptors (Lipinski definition) is 3. The SMILES string of the molecule is Clc1ccc(Cl)c(CC2CCN(c3ncnc4[nH]ccc34)CC2)c1. The number of hydrogen-bond donors (Lipinski definition) is 1. The molecule has 0 amide bonds. The molecule has 4 rings (SSSR count). The predicted molar refractivity (Wildman–Crippen MR) is 99.0 cm³/mol. The lowest BCUT2D eigenvalue weighted by Crippen LogP contribution is -2.35. The van der Waals surface area contributed by atoms with Crippen LogP contribution in [0.4, 0.5) is 5.82 Å². The molecule has 1 aliphatic heterocycles. The Morgan fingerprint density at radius 3 is 2.79 bits per heavy atom. The lowest BCUT2D eigenvalue weighted by atomic mass is 9.90. The molecule has 1 aromatic carbocycles. The molecular weight excluding hydrogens is 343 g/mol. The number of piperidine rings is 1. The maximum absolute atomic E-state index is 6.30. The highest BCUT2D eigenvalue weighted by atomic mass is 35.5. The van der Waals surface area contributed by atoms with Crippen LogP contribution in [0, 0.1) is 5.92 Å². The fraction of sp³-hybridized carbons (Fsp3) is 0.333. The van der Waals surface area contributed by atoms with Gasteiger partial charge in [0.1, 0.15) is 17.8 Å². The zero-order valence-corrected chi connectivity index (χ0v) is 14.7. The fourth-order valence-electron chi connectivity index (χ4n) is 3.47. The Kier molecular flexibility index (Phi) is 4.33. The molecule has 2 aromatic heterocycles. The molecule has 0 spiro atoms. The third kappa shape index (κ3) is 3.08. The number of H-pyrrole nitrogens is 1. The van der Waals surface area contributed by atoms with E-state index in [4.69, 9.17) is 23.2 Å². The highest BCUT2D eigenvalue weighted by molar-refractivity contribution is 6.33. The Hall–Kier alpha value is -1.78. The first-order valence-electron chi connectivity index (χ1n) is 8.17. The fourth-order valence-corrected chi connectivity index (χ4v) is 3.86. The molecule has 0 unspecified atom stereocenters. The third-order valence-electron chi connectivity index (χ3n) is 4.76. The number of halogens is 2. The molecule has 0 saturated carbocycles. The minimum absolute atomic E-state index is 0.626. The summed E-state index contributed by atoms with van der Waals surface area (Å²) in [7, 11) is 0. The van der Waals surface area contributed by atoms with E-state index in [1.165, 1.54) is 0 Å². The van der Waals surface area contributed by atoms with Crippen molar-refractivity contribution in [2.24, 2.45) is 5.92 Å². The minimum atomic E-state index is 0.626. The Morgan fingerprint density at radius 1 is 1.12 bits per heavy atom. The van der Waals surface area contributed by atoms with Gasteiger partial charge in [-0.3, -0.25) is 0 Å². The van der Waals surface area contributed by atoms with Crippen molar-refractivity contribution in [1.82, 2.24) is 15.0 Å². The molecular formula is C18H18Cl2N4. The van der Waals surface area contributed by atoms with Crippen LogP contribution >= 0.6 is 23.2 Å². The van der Waals surface area contributed by atoms with Gasteiger partial charge in [0.05, 0.1) is 5.39 Å². The first kappa shape index (κ1) is 15.7. The third-order valence-corrected chi connectivity index (χ3v) is 5.37. The number of anilines is 1. The number of aromatic amines is 1. The average Bonchev–Trinajstić information content (AvgIpc) is 3.08. The largest absolute Gasteiger partial charge is 0.356 e. The molecule has 3 heterocycles. The summed E-state index contributed by atoms with van der Waals surface area (Å²) in [6.07, 6.45) is 6.77. The Bertz CT molecular complexity index is 853. The second kappa shape index (κ2) is 6.61. The van der Waals surface area contributed by atoms with Crippen molar-refractivity contribution in [3.63, 3.8) is 0 Å². The van der Waals surface area contributed by atoms with E-state index in [0.717, 1.165) is 64.8 Å². The van der Waals surface area contributed by atoms with Crippen LogP contribution in [0.1, 0.15) is 18.4 Å². The van der Waals surface area contributed by atoms with Gasteiger partial charge in [-0.05, 0) is 55.0 Å². The molecule has 0 atom stereocenters. The molecule has 6 heteroatoms. The number of aromatic nitrogens is 3. The van der Waals surface area contributed by atoms with Crippen LogP contribution in [0.5, 0.6) is 0 Å². The maximum Gasteiger partial charge on any atom is 0.142 e. The lowest BCUT2D eigenvalue weighted by Gasteiger charge is -2.33. The molecule has 1 fully saturated rings. The van der Waals surface area contributed by atoms with Gasteiger partial charge in [0.2, 0.25) is 0 Å². The lowest BCUT2D eigenvalue weighted by molar-refractivity contribution is 0.403. The monoisotopic (exact) mass is 360 g/mol. The molecule has 1 N–H and O–H groups in total. The summed E-state index contributed by atoms with van der Waals surface area (Å²) in [5.74, 6) is 1.65. The maximum atomic E-state index is 6.30. The van der Waals surface area contributed by atoms with Crippen molar-refractivity contribution in [2.45, 2.75) is 19.3 Å². The van der Waals surface area contributed by atoms with Crippen molar-refractivity contribution < 1.29 is 0 Å². The molecule has 0 aliphatic carbocycles. The van der Waals surface area contributed by atoms with Crippen LogP contribution in [-0.4, -0.2) is 28.0 Å². The summed E-state index contributed by atoms with van der Waals surface area (Å²) in [6.45, 7) is 2.00. The van der Waals surface area contributed by atoms with Gasteiger partial charge in [0.15, 0.2) is 0 Å². The zero-order valence-electron chi connectivity index (χ0n) is 13.2. The van der Waals surface area contributed by atoms with E-state index in [1.54, 1.807) is 6.33 Å². The topological polar surface area (TPSA) is 44.8 Å². The van der Waals surface area contributed by atoms with E-state index >= 15 is 0 Å². The summed E-state index contributed by atoms with van der Waals surface area (Å²) in [6, 6.07) is 7.76. The smallest absolute Gasteiger partial charge is 0.142 e. The molecule has 3 aromatic rings. The molecule has 0 bridgehead atoms. The quantitative estimate of drug-likeness (QED) is 0.734. The van der Waals surface area contributed by atoms with E-state index in [0.29, 0.717) is 5.92 Å². The Labute approximate surface area is 150 Å². The van der Waals surface area contributed by atoms with Crippen LogP contribution < -0.4 is 4.90 Å². The summed E-state index contributed by atoms with van der Waals surface area (Å²) in [5.41, 5.74) is 2.05. The summed E-state index contributed by atoms with van der Waals surface area (Å²) >= 11 is 12.4.